The van der Waals surface area contributed by atoms with E-state index in [1.165, 1.54) is 0 Å². The summed E-state index contributed by atoms with van der Waals surface area (Å²) in [5, 5.41) is 10.2. The Kier molecular flexibility index (Phi) is 5.55. The summed E-state index contributed by atoms with van der Waals surface area (Å²) in [7, 11) is 0. The van der Waals surface area contributed by atoms with Gasteiger partial charge in [-0.25, -0.2) is 0 Å². The van der Waals surface area contributed by atoms with Gasteiger partial charge in [0.1, 0.15) is 12.4 Å². The van der Waals surface area contributed by atoms with E-state index in [0.29, 0.717) is 23.7 Å². The quantitative estimate of drug-likeness (QED) is 0.690. The molecule has 0 aromatic heterocycles. The van der Waals surface area contributed by atoms with Crippen LogP contribution in [0, 0.1) is 0 Å². The lowest BCUT2D eigenvalue weighted by Gasteiger charge is -2.15. The van der Waals surface area contributed by atoms with Crippen molar-refractivity contribution in [2.45, 2.75) is 18.6 Å². The van der Waals surface area contributed by atoms with Gasteiger partial charge < -0.3 is 21.3 Å². The van der Waals surface area contributed by atoms with Crippen LogP contribution in [0.5, 0.6) is 5.75 Å². The van der Waals surface area contributed by atoms with Gasteiger partial charge in [0.25, 0.3) is 0 Å². The predicted octanol–water partition coefficient (Wildman–Crippen LogP) is 0.756. The zero-order valence-electron chi connectivity index (χ0n) is 8.97. The number of hydrogen-bond donors (Lipinski definition) is 3. The highest BCUT2D eigenvalue weighted by Gasteiger charge is 2.10. The van der Waals surface area contributed by atoms with Gasteiger partial charge in [0.15, 0.2) is 0 Å². The molecule has 0 aliphatic carbocycles. The molecule has 0 spiro atoms. The number of halogens is 1. The van der Waals surface area contributed by atoms with Gasteiger partial charge in [0, 0.05) is 17.6 Å². The Morgan fingerprint density at radius 2 is 1.94 bits per heavy atom. The zero-order chi connectivity index (χ0) is 12.0. The first-order chi connectivity index (χ1) is 7.61. The van der Waals surface area contributed by atoms with Crippen molar-refractivity contribution in [2.24, 2.45) is 11.5 Å². The largest absolute Gasteiger partial charge is 0.491 e. The second-order valence-corrected chi connectivity index (χ2v) is 4.09. The van der Waals surface area contributed by atoms with Gasteiger partial charge in [-0.05, 0) is 30.7 Å². The number of ether oxygens (including phenoxy) is 1. The summed E-state index contributed by atoms with van der Waals surface area (Å²) >= 11 is 5.73. The van der Waals surface area contributed by atoms with E-state index in [9.17, 15) is 5.11 Å². The molecule has 0 heterocycles. The summed E-state index contributed by atoms with van der Waals surface area (Å²) in [6.45, 7) is 0.563. The summed E-state index contributed by atoms with van der Waals surface area (Å²) < 4.78 is 5.36. The highest BCUT2D eigenvalue weighted by atomic mass is 35.5. The van der Waals surface area contributed by atoms with E-state index >= 15 is 0 Å². The fraction of sp³-hybridized carbons (Fsp3) is 0.455. The molecule has 0 radical (unpaired) electrons. The average molecular weight is 245 g/mol. The van der Waals surface area contributed by atoms with Gasteiger partial charge in [-0.1, -0.05) is 11.6 Å². The molecule has 0 fully saturated rings. The van der Waals surface area contributed by atoms with Crippen molar-refractivity contribution in [3.63, 3.8) is 0 Å². The van der Waals surface area contributed by atoms with Crippen molar-refractivity contribution in [3.05, 3.63) is 29.3 Å². The van der Waals surface area contributed by atoms with E-state index in [-0.39, 0.29) is 12.6 Å². The Labute approximate surface area is 100 Å². The molecule has 0 aliphatic rings. The van der Waals surface area contributed by atoms with E-state index in [4.69, 9.17) is 27.8 Å². The van der Waals surface area contributed by atoms with Gasteiger partial charge >= 0.3 is 0 Å². The Morgan fingerprint density at radius 3 is 2.50 bits per heavy atom. The third kappa shape index (κ3) is 4.81. The maximum absolute atomic E-state index is 9.58. The summed E-state index contributed by atoms with van der Waals surface area (Å²) in [6.07, 6.45) is -0.168. The van der Waals surface area contributed by atoms with E-state index < -0.39 is 6.10 Å². The van der Waals surface area contributed by atoms with Crippen LogP contribution in [-0.2, 0) is 0 Å². The first-order valence-electron chi connectivity index (χ1n) is 5.14. The van der Waals surface area contributed by atoms with Crippen LogP contribution in [0.1, 0.15) is 6.42 Å². The molecule has 1 rings (SSSR count). The zero-order valence-corrected chi connectivity index (χ0v) is 9.73. The van der Waals surface area contributed by atoms with Crippen LogP contribution in [0.25, 0.3) is 0 Å². The first-order valence-corrected chi connectivity index (χ1v) is 5.51. The van der Waals surface area contributed by atoms with Crippen molar-refractivity contribution >= 4 is 11.6 Å². The van der Waals surface area contributed by atoms with Crippen LogP contribution in [0.15, 0.2) is 24.3 Å². The lowest BCUT2D eigenvalue weighted by Crippen LogP contribution is -2.35. The van der Waals surface area contributed by atoms with E-state index in [1.54, 1.807) is 24.3 Å². The molecule has 0 saturated heterocycles. The van der Waals surface area contributed by atoms with Crippen molar-refractivity contribution in [1.29, 1.82) is 0 Å². The molecule has 1 aromatic carbocycles. The molecule has 5 N–H and O–H groups in total. The highest BCUT2D eigenvalue weighted by Crippen LogP contribution is 2.15. The van der Waals surface area contributed by atoms with E-state index in [2.05, 4.69) is 0 Å². The average Bonchev–Trinajstić information content (AvgIpc) is 2.28. The molecule has 0 amide bonds. The molecule has 2 atom stereocenters. The van der Waals surface area contributed by atoms with Crippen molar-refractivity contribution in [1.82, 2.24) is 0 Å². The number of aliphatic hydroxyl groups is 1. The Bertz CT molecular complexity index is 305. The molecular formula is C11H17ClN2O2. The molecule has 4 nitrogen and oxygen atoms in total. The van der Waals surface area contributed by atoms with Crippen LogP contribution >= 0.6 is 11.6 Å². The summed E-state index contributed by atoms with van der Waals surface area (Å²) in [5.41, 5.74) is 11.0. The van der Waals surface area contributed by atoms with Crippen LogP contribution in [0.2, 0.25) is 5.02 Å². The molecule has 2 unspecified atom stereocenters. The third-order valence-corrected chi connectivity index (χ3v) is 2.39. The van der Waals surface area contributed by atoms with Crippen molar-refractivity contribution in [2.75, 3.05) is 13.2 Å². The minimum Gasteiger partial charge on any atom is -0.491 e. The minimum absolute atomic E-state index is 0.191. The van der Waals surface area contributed by atoms with Gasteiger partial charge in [-0.3, -0.25) is 0 Å². The van der Waals surface area contributed by atoms with E-state index in [0.717, 1.165) is 0 Å². The van der Waals surface area contributed by atoms with Gasteiger partial charge in [-0.15, -0.1) is 0 Å². The third-order valence-electron chi connectivity index (χ3n) is 2.13. The summed E-state index contributed by atoms with van der Waals surface area (Å²) in [5.74, 6) is 0.671. The SMILES string of the molecule is NCC(N)CC(O)COc1ccc(Cl)cc1. The summed E-state index contributed by atoms with van der Waals surface area (Å²) in [6, 6.07) is 6.77. The standard InChI is InChI=1S/C11H17ClN2O2/c12-8-1-3-11(4-2-8)16-7-10(15)5-9(14)6-13/h1-4,9-10,15H,5-7,13-14H2. The smallest absolute Gasteiger partial charge is 0.119 e. The lowest BCUT2D eigenvalue weighted by molar-refractivity contribution is 0.0946. The molecule has 0 saturated carbocycles. The second-order valence-electron chi connectivity index (χ2n) is 3.65. The molecule has 5 heteroatoms. The maximum Gasteiger partial charge on any atom is 0.119 e. The number of benzene rings is 1. The summed E-state index contributed by atoms with van der Waals surface area (Å²) in [4.78, 5) is 0. The van der Waals surface area contributed by atoms with Crippen LogP contribution in [-0.4, -0.2) is 30.4 Å². The van der Waals surface area contributed by atoms with Crippen LogP contribution in [0.3, 0.4) is 0 Å². The number of nitrogens with two attached hydrogens (primary N) is 2. The van der Waals surface area contributed by atoms with Gasteiger partial charge in [-0.2, -0.15) is 0 Å². The van der Waals surface area contributed by atoms with Crippen molar-refractivity contribution < 1.29 is 9.84 Å². The first kappa shape index (κ1) is 13.3. The fourth-order valence-electron chi connectivity index (χ4n) is 1.24. The van der Waals surface area contributed by atoms with Gasteiger partial charge in [0.05, 0.1) is 6.10 Å². The molecule has 16 heavy (non-hydrogen) atoms. The fourth-order valence-corrected chi connectivity index (χ4v) is 1.36. The number of hydrogen-bond acceptors (Lipinski definition) is 4. The van der Waals surface area contributed by atoms with Crippen molar-refractivity contribution in [3.8, 4) is 5.75 Å². The van der Waals surface area contributed by atoms with Gasteiger partial charge in [0.2, 0.25) is 0 Å². The molecule has 0 aliphatic heterocycles. The second kappa shape index (κ2) is 6.70. The van der Waals surface area contributed by atoms with Crippen LogP contribution < -0.4 is 16.2 Å². The number of rotatable bonds is 6. The molecular weight excluding hydrogens is 228 g/mol. The topological polar surface area (TPSA) is 81.5 Å². The molecule has 0 bridgehead atoms. The lowest BCUT2D eigenvalue weighted by atomic mass is 10.1. The highest BCUT2D eigenvalue weighted by molar-refractivity contribution is 6.30. The number of aliphatic hydroxyl groups excluding tert-OH is 1. The normalized spacial score (nSPS) is 14.5. The Morgan fingerprint density at radius 1 is 1.31 bits per heavy atom. The van der Waals surface area contributed by atoms with Crippen LogP contribution in [0.4, 0.5) is 0 Å². The minimum atomic E-state index is -0.603. The predicted molar refractivity (Wildman–Crippen MR) is 64.6 cm³/mol. The van der Waals surface area contributed by atoms with E-state index in [1.807, 2.05) is 0 Å². The Hall–Kier alpha value is -0.810. The molecule has 90 valence electrons. The Balaban J connectivity index is 2.31. The molecule has 1 aromatic rings. The monoisotopic (exact) mass is 244 g/mol. The maximum atomic E-state index is 9.58.